The van der Waals surface area contributed by atoms with Crippen LogP contribution in [0.1, 0.15) is 6.92 Å². The number of nitrogens with zero attached hydrogens (tertiary/aromatic N) is 2. The molecule has 2 N–H and O–H groups in total. The minimum absolute atomic E-state index is 0.414. The minimum atomic E-state index is 0.414. The smallest absolute Gasteiger partial charge is 0.262 e. The molecule has 0 fully saturated rings. The third-order valence-electron chi connectivity index (χ3n) is 3.05. The van der Waals surface area contributed by atoms with Crippen molar-refractivity contribution in [3.63, 3.8) is 0 Å². The Labute approximate surface area is 122 Å². The molecule has 0 spiro atoms. The second-order valence-electron chi connectivity index (χ2n) is 4.44. The Morgan fingerprint density at radius 3 is 2.52 bits per heavy atom. The maximum atomic E-state index is 5.93. The Kier molecular flexibility index (Phi) is 3.55. The molecule has 3 rings (SSSR count). The summed E-state index contributed by atoms with van der Waals surface area (Å²) in [5, 5.41) is 4.00. The number of para-hydroxylation sites is 2. The van der Waals surface area contributed by atoms with Crippen LogP contribution in [0.2, 0.25) is 0 Å². The molecule has 5 heteroatoms. The Hall–Kier alpha value is -2.82. The first-order valence-electron chi connectivity index (χ1n) is 6.70. The Bertz CT molecular complexity index is 753. The van der Waals surface area contributed by atoms with Crippen molar-refractivity contribution in [3.8, 4) is 28.6 Å². The highest BCUT2D eigenvalue weighted by Crippen LogP contribution is 2.31. The molecule has 0 bridgehead atoms. The molecule has 0 radical (unpaired) electrons. The van der Waals surface area contributed by atoms with Crippen LogP contribution in [-0.4, -0.2) is 16.7 Å². The molecule has 5 nitrogen and oxygen atoms in total. The molecule has 1 heterocycles. The van der Waals surface area contributed by atoms with Gasteiger partial charge in [-0.1, -0.05) is 29.4 Å². The van der Waals surface area contributed by atoms with E-state index in [2.05, 4.69) is 10.1 Å². The van der Waals surface area contributed by atoms with E-state index >= 15 is 0 Å². The number of anilines is 1. The number of rotatable bonds is 4. The van der Waals surface area contributed by atoms with Gasteiger partial charge < -0.3 is 15.0 Å². The van der Waals surface area contributed by atoms with Gasteiger partial charge >= 0.3 is 0 Å². The van der Waals surface area contributed by atoms with E-state index in [9.17, 15) is 0 Å². The first-order chi connectivity index (χ1) is 10.3. The SMILES string of the molecule is CCOc1ccccc1-c1nc(-c2ccccc2N)no1. The van der Waals surface area contributed by atoms with Crippen molar-refractivity contribution in [2.45, 2.75) is 6.92 Å². The maximum absolute atomic E-state index is 5.93. The predicted octanol–water partition coefficient (Wildman–Crippen LogP) is 3.38. The number of hydrogen-bond acceptors (Lipinski definition) is 5. The van der Waals surface area contributed by atoms with Crippen LogP contribution in [0.15, 0.2) is 53.1 Å². The highest BCUT2D eigenvalue weighted by molar-refractivity contribution is 5.72. The van der Waals surface area contributed by atoms with Crippen molar-refractivity contribution in [1.29, 1.82) is 0 Å². The lowest BCUT2D eigenvalue weighted by Gasteiger charge is -2.05. The molecule has 0 unspecified atom stereocenters. The number of benzene rings is 2. The number of nitrogens with two attached hydrogens (primary N) is 1. The van der Waals surface area contributed by atoms with Crippen molar-refractivity contribution in [2.24, 2.45) is 0 Å². The van der Waals surface area contributed by atoms with E-state index in [-0.39, 0.29) is 0 Å². The van der Waals surface area contributed by atoms with E-state index in [1.165, 1.54) is 0 Å². The van der Waals surface area contributed by atoms with E-state index < -0.39 is 0 Å². The molecule has 0 atom stereocenters. The van der Waals surface area contributed by atoms with Crippen LogP contribution in [-0.2, 0) is 0 Å². The van der Waals surface area contributed by atoms with Gasteiger partial charge in [-0.2, -0.15) is 4.98 Å². The predicted molar refractivity (Wildman–Crippen MR) is 80.8 cm³/mol. The molecule has 0 aliphatic rings. The summed E-state index contributed by atoms with van der Waals surface area (Å²) in [5.74, 6) is 1.60. The lowest BCUT2D eigenvalue weighted by molar-refractivity contribution is 0.339. The van der Waals surface area contributed by atoms with E-state index in [1.54, 1.807) is 6.07 Å². The Morgan fingerprint density at radius 1 is 1.05 bits per heavy atom. The van der Waals surface area contributed by atoms with Gasteiger partial charge in [0, 0.05) is 11.3 Å². The molecule has 0 saturated heterocycles. The molecule has 21 heavy (non-hydrogen) atoms. The zero-order valence-corrected chi connectivity index (χ0v) is 11.6. The molecule has 0 amide bonds. The van der Waals surface area contributed by atoms with E-state index in [0.29, 0.717) is 24.0 Å². The average molecular weight is 281 g/mol. The van der Waals surface area contributed by atoms with Crippen molar-refractivity contribution in [2.75, 3.05) is 12.3 Å². The van der Waals surface area contributed by atoms with Crippen molar-refractivity contribution in [1.82, 2.24) is 10.1 Å². The van der Waals surface area contributed by atoms with Crippen LogP contribution < -0.4 is 10.5 Å². The number of hydrogen-bond donors (Lipinski definition) is 1. The van der Waals surface area contributed by atoms with Crippen molar-refractivity contribution >= 4 is 5.69 Å². The van der Waals surface area contributed by atoms with Crippen LogP contribution in [0.25, 0.3) is 22.8 Å². The number of nitrogen functional groups attached to an aromatic ring is 1. The first kappa shape index (κ1) is 13.2. The quantitative estimate of drug-likeness (QED) is 0.742. The minimum Gasteiger partial charge on any atom is -0.493 e. The van der Waals surface area contributed by atoms with Crippen LogP contribution in [0.5, 0.6) is 5.75 Å². The van der Waals surface area contributed by atoms with Gasteiger partial charge in [0.2, 0.25) is 5.82 Å². The molecular weight excluding hydrogens is 266 g/mol. The lowest BCUT2D eigenvalue weighted by atomic mass is 10.1. The summed E-state index contributed by atoms with van der Waals surface area (Å²) in [5.41, 5.74) is 8.07. The largest absolute Gasteiger partial charge is 0.493 e. The molecule has 3 aromatic rings. The van der Waals surface area contributed by atoms with Crippen molar-refractivity contribution in [3.05, 3.63) is 48.5 Å². The third kappa shape index (κ3) is 2.58. The molecular formula is C16H15N3O2. The van der Waals surface area contributed by atoms with Crippen LogP contribution >= 0.6 is 0 Å². The second-order valence-corrected chi connectivity index (χ2v) is 4.44. The molecule has 0 saturated carbocycles. The molecule has 0 aliphatic heterocycles. The fraction of sp³-hybridized carbons (Fsp3) is 0.125. The van der Waals surface area contributed by atoms with Gasteiger partial charge in [-0.3, -0.25) is 0 Å². The standard InChI is InChI=1S/C16H15N3O2/c1-2-20-14-10-6-4-8-12(14)16-18-15(19-21-16)11-7-3-5-9-13(11)17/h3-10H,2,17H2,1H3. The van der Waals surface area contributed by atoms with Gasteiger partial charge in [-0.05, 0) is 31.2 Å². The monoisotopic (exact) mass is 281 g/mol. The maximum Gasteiger partial charge on any atom is 0.262 e. The molecule has 0 aliphatic carbocycles. The summed E-state index contributed by atoms with van der Waals surface area (Å²) in [6, 6.07) is 15.0. The van der Waals surface area contributed by atoms with Gasteiger partial charge in [0.1, 0.15) is 5.75 Å². The second kappa shape index (κ2) is 5.66. The van der Waals surface area contributed by atoms with E-state index in [1.807, 2.05) is 49.4 Å². The zero-order valence-electron chi connectivity index (χ0n) is 11.6. The van der Waals surface area contributed by atoms with Gasteiger partial charge in [0.25, 0.3) is 5.89 Å². The fourth-order valence-corrected chi connectivity index (χ4v) is 2.07. The summed E-state index contributed by atoms with van der Waals surface area (Å²) in [6.07, 6.45) is 0. The van der Waals surface area contributed by atoms with Gasteiger partial charge in [-0.25, -0.2) is 0 Å². The highest BCUT2D eigenvalue weighted by Gasteiger charge is 2.15. The van der Waals surface area contributed by atoms with Crippen molar-refractivity contribution < 1.29 is 9.26 Å². The Balaban J connectivity index is 2.01. The van der Waals surface area contributed by atoms with Crippen LogP contribution in [0.4, 0.5) is 5.69 Å². The average Bonchev–Trinajstić information content (AvgIpc) is 2.98. The van der Waals surface area contributed by atoms with E-state index in [0.717, 1.165) is 16.9 Å². The van der Waals surface area contributed by atoms with E-state index in [4.69, 9.17) is 15.0 Å². The normalized spacial score (nSPS) is 10.5. The van der Waals surface area contributed by atoms with Crippen LogP contribution in [0, 0.1) is 0 Å². The summed E-state index contributed by atoms with van der Waals surface area (Å²) in [4.78, 5) is 4.42. The summed E-state index contributed by atoms with van der Waals surface area (Å²) in [6.45, 7) is 2.50. The van der Waals surface area contributed by atoms with Gasteiger partial charge in [0.05, 0.1) is 12.2 Å². The molecule has 1 aromatic heterocycles. The fourth-order valence-electron chi connectivity index (χ4n) is 2.07. The number of ether oxygens (including phenoxy) is 1. The van der Waals surface area contributed by atoms with Gasteiger partial charge in [0.15, 0.2) is 0 Å². The third-order valence-corrected chi connectivity index (χ3v) is 3.05. The van der Waals surface area contributed by atoms with Gasteiger partial charge in [-0.15, -0.1) is 0 Å². The lowest BCUT2D eigenvalue weighted by Crippen LogP contribution is -1.94. The van der Waals surface area contributed by atoms with Crippen LogP contribution in [0.3, 0.4) is 0 Å². The number of aromatic nitrogens is 2. The topological polar surface area (TPSA) is 74.2 Å². The summed E-state index contributed by atoms with van der Waals surface area (Å²) >= 11 is 0. The summed E-state index contributed by atoms with van der Waals surface area (Å²) < 4.78 is 10.9. The molecule has 106 valence electrons. The first-order valence-corrected chi connectivity index (χ1v) is 6.70. The molecule has 2 aromatic carbocycles. The zero-order chi connectivity index (χ0) is 14.7. The highest BCUT2D eigenvalue weighted by atomic mass is 16.5. The summed E-state index contributed by atoms with van der Waals surface area (Å²) in [7, 11) is 0. The Morgan fingerprint density at radius 2 is 1.76 bits per heavy atom.